The molecule has 0 aromatic carbocycles. The number of carboxylic acid groups (broad SMARTS) is 1. The molecule has 20 heavy (non-hydrogen) atoms. The first-order valence-electron chi connectivity index (χ1n) is 7.22. The second-order valence-corrected chi connectivity index (χ2v) is 5.51. The van der Waals surface area contributed by atoms with E-state index >= 15 is 0 Å². The van der Waals surface area contributed by atoms with Crippen LogP contribution in [0.3, 0.4) is 0 Å². The Labute approximate surface area is 119 Å². The number of hydrogen-bond acceptors (Lipinski definition) is 2. The number of carbonyl (C=O) groups is 2. The van der Waals surface area contributed by atoms with Crippen LogP contribution in [0.1, 0.15) is 56.1 Å². The number of aliphatic carboxylic acids is 1. The maximum absolute atomic E-state index is 12.2. The van der Waals surface area contributed by atoms with E-state index in [1.54, 1.807) is 6.07 Å². The molecule has 0 unspecified atom stereocenters. The average Bonchev–Trinajstić information content (AvgIpc) is 3.17. The normalized spacial score (nSPS) is 15.1. The summed E-state index contributed by atoms with van der Waals surface area (Å²) in [6.45, 7) is 3.86. The quantitative estimate of drug-likeness (QED) is 0.804. The number of carbonyl (C=O) groups excluding carboxylic acids is 1. The van der Waals surface area contributed by atoms with Crippen molar-refractivity contribution >= 4 is 11.9 Å². The molecule has 5 nitrogen and oxygen atoms in total. The molecule has 1 aliphatic carbocycles. The largest absolute Gasteiger partial charge is 0.481 e. The zero-order chi connectivity index (χ0) is 14.8. The monoisotopic (exact) mass is 278 g/mol. The molecule has 2 N–H and O–H groups in total. The minimum Gasteiger partial charge on any atom is -0.481 e. The molecule has 2 rings (SSSR count). The highest BCUT2D eigenvalue weighted by Gasteiger charge is 2.35. The van der Waals surface area contributed by atoms with E-state index in [4.69, 9.17) is 0 Å². The zero-order valence-electron chi connectivity index (χ0n) is 12.1. The molecule has 0 saturated heterocycles. The van der Waals surface area contributed by atoms with Crippen molar-refractivity contribution in [1.82, 2.24) is 9.88 Å². The van der Waals surface area contributed by atoms with Crippen LogP contribution in [0.4, 0.5) is 0 Å². The third-order valence-electron chi connectivity index (χ3n) is 4.35. The van der Waals surface area contributed by atoms with Gasteiger partial charge >= 0.3 is 5.97 Å². The van der Waals surface area contributed by atoms with Crippen LogP contribution in [0.25, 0.3) is 0 Å². The van der Waals surface area contributed by atoms with Gasteiger partial charge in [-0.2, -0.15) is 0 Å². The van der Waals surface area contributed by atoms with Gasteiger partial charge in [0, 0.05) is 18.8 Å². The number of hydrogen-bond donors (Lipinski definition) is 2. The highest BCUT2D eigenvalue weighted by molar-refractivity contribution is 5.93. The number of amides is 1. The van der Waals surface area contributed by atoms with E-state index in [0.717, 1.165) is 12.8 Å². The molecule has 1 fully saturated rings. The Kier molecular flexibility index (Phi) is 4.16. The van der Waals surface area contributed by atoms with Gasteiger partial charge in [-0.1, -0.05) is 13.8 Å². The van der Waals surface area contributed by atoms with Gasteiger partial charge in [-0.15, -0.1) is 0 Å². The summed E-state index contributed by atoms with van der Waals surface area (Å²) in [5.74, 6) is -1.03. The van der Waals surface area contributed by atoms with Crippen molar-refractivity contribution in [2.45, 2.75) is 45.6 Å². The lowest BCUT2D eigenvalue weighted by molar-refractivity contribution is -0.149. The highest BCUT2D eigenvalue weighted by Crippen LogP contribution is 2.36. The van der Waals surface area contributed by atoms with Gasteiger partial charge in [-0.05, 0) is 37.8 Å². The van der Waals surface area contributed by atoms with Crippen LogP contribution in [0.15, 0.2) is 18.3 Å². The lowest BCUT2D eigenvalue weighted by atomic mass is 9.82. The van der Waals surface area contributed by atoms with Crippen LogP contribution >= 0.6 is 0 Å². The van der Waals surface area contributed by atoms with E-state index in [9.17, 15) is 14.7 Å². The fraction of sp³-hybridized carbons (Fsp3) is 0.600. The summed E-state index contributed by atoms with van der Waals surface area (Å²) in [5, 5.41) is 12.2. The van der Waals surface area contributed by atoms with Crippen molar-refractivity contribution in [3.8, 4) is 0 Å². The predicted molar refractivity (Wildman–Crippen MR) is 75.7 cm³/mol. The molecule has 1 aliphatic rings. The number of nitrogens with one attached hydrogen (secondary N) is 1. The van der Waals surface area contributed by atoms with Gasteiger partial charge < -0.3 is 15.0 Å². The minimum atomic E-state index is -0.868. The summed E-state index contributed by atoms with van der Waals surface area (Å²) in [7, 11) is 0. The van der Waals surface area contributed by atoms with Crippen molar-refractivity contribution < 1.29 is 14.7 Å². The van der Waals surface area contributed by atoms with Crippen LogP contribution in [0.2, 0.25) is 0 Å². The first-order valence-corrected chi connectivity index (χ1v) is 7.22. The minimum absolute atomic E-state index is 0.171. The molecule has 1 aromatic heterocycles. The Balaban J connectivity index is 2.04. The van der Waals surface area contributed by atoms with Crippen LogP contribution in [0.5, 0.6) is 0 Å². The van der Waals surface area contributed by atoms with Gasteiger partial charge in [0.15, 0.2) is 0 Å². The summed E-state index contributed by atoms with van der Waals surface area (Å²) in [6, 6.07) is 4.08. The summed E-state index contributed by atoms with van der Waals surface area (Å²) < 4.78 is 1.98. The third kappa shape index (κ3) is 2.71. The molecule has 1 amide bonds. The van der Waals surface area contributed by atoms with E-state index in [0.29, 0.717) is 24.6 Å². The van der Waals surface area contributed by atoms with Crippen molar-refractivity contribution in [3.63, 3.8) is 0 Å². The second kappa shape index (κ2) is 5.69. The van der Waals surface area contributed by atoms with Gasteiger partial charge in [0.2, 0.25) is 0 Å². The first kappa shape index (κ1) is 14.6. The Bertz CT molecular complexity index is 499. The summed E-state index contributed by atoms with van der Waals surface area (Å²) in [4.78, 5) is 23.6. The Morgan fingerprint density at radius 1 is 1.40 bits per heavy atom. The molecule has 0 aliphatic heterocycles. The molecule has 1 saturated carbocycles. The zero-order valence-corrected chi connectivity index (χ0v) is 12.1. The van der Waals surface area contributed by atoms with Crippen molar-refractivity contribution in [3.05, 3.63) is 24.0 Å². The van der Waals surface area contributed by atoms with Gasteiger partial charge in [-0.3, -0.25) is 9.59 Å². The SMILES string of the molecule is CCC(CC)(CNC(=O)c1cccn1C1CC1)C(=O)O. The fourth-order valence-corrected chi connectivity index (χ4v) is 2.48. The average molecular weight is 278 g/mol. The summed E-state index contributed by atoms with van der Waals surface area (Å²) in [6.07, 6.45) is 5.14. The van der Waals surface area contributed by atoms with Gasteiger partial charge in [0.05, 0.1) is 5.41 Å². The van der Waals surface area contributed by atoms with E-state index < -0.39 is 11.4 Å². The highest BCUT2D eigenvalue weighted by atomic mass is 16.4. The molecule has 0 radical (unpaired) electrons. The Hall–Kier alpha value is -1.78. The molecular weight excluding hydrogens is 256 g/mol. The molecule has 1 heterocycles. The molecule has 1 aromatic rings. The third-order valence-corrected chi connectivity index (χ3v) is 4.35. The molecule has 0 atom stereocenters. The molecule has 5 heteroatoms. The lowest BCUT2D eigenvalue weighted by Crippen LogP contribution is -2.42. The number of aromatic nitrogens is 1. The number of nitrogens with zero attached hydrogens (tertiary/aromatic N) is 1. The van der Waals surface area contributed by atoms with Crippen molar-refractivity contribution in [1.29, 1.82) is 0 Å². The van der Waals surface area contributed by atoms with Gasteiger partial charge in [0.25, 0.3) is 5.91 Å². The Morgan fingerprint density at radius 3 is 2.55 bits per heavy atom. The summed E-state index contributed by atoms with van der Waals surface area (Å²) in [5.41, 5.74) is -0.244. The molecular formula is C15H22N2O3. The van der Waals surface area contributed by atoms with Gasteiger partial charge in [-0.25, -0.2) is 0 Å². The standard InChI is InChI=1S/C15H22N2O3/c1-3-15(4-2,14(19)20)10-16-13(18)12-6-5-9-17(12)11-7-8-11/h5-6,9,11H,3-4,7-8,10H2,1-2H3,(H,16,18)(H,19,20). The first-order chi connectivity index (χ1) is 9.54. The predicted octanol–water partition coefficient (Wildman–Crippen LogP) is 2.44. The maximum atomic E-state index is 12.2. The lowest BCUT2D eigenvalue weighted by Gasteiger charge is -2.26. The summed E-state index contributed by atoms with van der Waals surface area (Å²) >= 11 is 0. The number of carboxylic acids is 1. The fourth-order valence-electron chi connectivity index (χ4n) is 2.48. The van der Waals surface area contributed by atoms with Gasteiger partial charge in [0.1, 0.15) is 5.69 Å². The molecule has 0 bridgehead atoms. The van der Waals surface area contributed by atoms with E-state index in [2.05, 4.69) is 5.32 Å². The Morgan fingerprint density at radius 2 is 2.05 bits per heavy atom. The second-order valence-electron chi connectivity index (χ2n) is 5.51. The van der Waals surface area contributed by atoms with E-state index in [1.165, 1.54) is 0 Å². The van der Waals surface area contributed by atoms with Crippen LogP contribution < -0.4 is 5.32 Å². The van der Waals surface area contributed by atoms with Crippen LogP contribution in [-0.4, -0.2) is 28.1 Å². The topological polar surface area (TPSA) is 71.3 Å². The van der Waals surface area contributed by atoms with E-state index in [-0.39, 0.29) is 12.5 Å². The molecule has 0 spiro atoms. The van der Waals surface area contributed by atoms with E-state index in [1.807, 2.05) is 30.7 Å². The molecule has 110 valence electrons. The maximum Gasteiger partial charge on any atom is 0.311 e. The van der Waals surface area contributed by atoms with Crippen molar-refractivity contribution in [2.24, 2.45) is 5.41 Å². The van der Waals surface area contributed by atoms with Crippen LogP contribution in [-0.2, 0) is 4.79 Å². The van der Waals surface area contributed by atoms with Crippen LogP contribution in [0, 0.1) is 5.41 Å². The number of rotatable bonds is 7. The smallest absolute Gasteiger partial charge is 0.311 e. The van der Waals surface area contributed by atoms with Crippen molar-refractivity contribution in [2.75, 3.05) is 6.54 Å².